The highest BCUT2D eigenvalue weighted by molar-refractivity contribution is 6.11. The minimum Gasteiger partial charge on any atom is -0.457 e. The monoisotopic (exact) mass is 390 g/mol. The van der Waals surface area contributed by atoms with Crippen LogP contribution in [0.5, 0.6) is 11.5 Å². The Labute approximate surface area is 176 Å². The Hall–Kier alpha value is -3.78. The first-order valence-electron chi connectivity index (χ1n) is 10.3. The lowest BCUT2D eigenvalue weighted by Crippen LogP contribution is -1.90. The maximum atomic E-state index is 6.21. The molecule has 0 aliphatic rings. The lowest BCUT2D eigenvalue weighted by atomic mass is 9.95. The molecule has 0 fully saturated rings. The maximum Gasteiger partial charge on any atom is 0.139 e. The van der Waals surface area contributed by atoms with Crippen molar-refractivity contribution < 1.29 is 9.15 Å². The van der Waals surface area contributed by atoms with Gasteiger partial charge in [0.1, 0.15) is 22.7 Å². The Morgan fingerprint density at radius 3 is 2.23 bits per heavy atom. The zero-order valence-corrected chi connectivity index (χ0v) is 16.8. The molecule has 30 heavy (non-hydrogen) atoms. The first-order valence-corrected chi connectivity index (χ1v) is 10.3. The van der Waals surface area contributed by atoms with Crippen LogP contribution in [0.2, 0.25) is 0 Å². The van der Waals surface area contributed by atoms with Crippen molar-refractivity contribution in [3.8, 4) is 11.5 Å². The molecule has 0 N–H and O–H groups in total. The van der Waals surface area contributed by atoms with Crippen LogP contribution < -0.4 is 4.74 Å². The van der Waals surface area contributed by atoms with Crippen molar-refractivity contribution >= 4 is 33.6 Å². The molecule has 0 radical (unpaired) electrons. The summed E-state index contributed by atoms with van der Waals surface area (Å²) in [6, 6.07) is 32.6. The van der Waals surface area contributed by atoms with Gasteiger partial charge in [-0.05, 0) is 47.4 Å². The molecule has 5 rings (SSSR count). The normalized spacial score (nSPS) is 11.8. The molecule has 0 bridgehead atoms. The van der Waals surface area contributed by atoms with Crippen LogP contribution in [-0.2, 0) is 0 Å². The highest BCUT2D eigenvalue weighted by Crippen LogP contribution is 2.39. The Bertz CT molecular complexity index is 1330. The predicted molar refractivity (Wildman–Crippen MR) is 125 cm³/mol. The lowest BCUT2D eigenvalue weighted by Gasteiger charge is -2.12. The van der Waals surface area contributed by atoms with E-state index in [2.05, 4.69) is 55.5 Å². The van der Waals surface area contributed by atoms with E-state index in [1.807, 2.05) is 54.6 Å². The second-order valence-corrected chi connectivity index (χ2v) is 7.29. The predicted octanol–water partition coefficient (Wildman–Crippen LogP) is 8.33. The summed E-state index contributed by atoms with van der Waals surface area (Å²) in [5.74, 6) is 1.58. The number of fused-ring (bicyclic) bond motifs is 3. The molecule has 0 aliphatic heterocycles. The maximum absolute atomic E-state index is 6.21. The molecule has 0 aliphatic carbocycles. The zero-order chi connectivity index (χ0) is 20.3. The summed E-state index contributed by atoms with van der Waals surface area (Å²) < 4.78 is 12.4. The van der Waals surface area contributed by atoms with Crippen LogP contribution in [0.1, 0.15) is 24.5 Å². The van der Waals surface area contributed by atoms with Gasteiger partial charge in [-0.25, -0.2) is 0 Å². The molecule has 2 heteroatoms. The molecule has 1 aromatic heterocycles. The van der Waals surface area contributed by atoms with Crippen LogP contribution in [0, 0.1) is 0 Å². The molecule has 0 unspecified atom stereocenters. The summed E-state index contributed by atoms with van der Waals surface area (Å²) in [5.41, 5.74) is 5.31. The van der Waals surface area contributed by atoms with E-state index in [0.717, 1.165) is 45.4 Å². The standard InChI is InChI=1S/C28H22O2/c1-2-21(17-20-11-5-3-6-12-20)25-18-23(29-22-13-7-4-8-14-22)19-27-28(25)24-15-9-10-16-26(24)30-27/h3-19H,2H2,1H3/b21-17+. The van der Waals surface area contributed by atoms with Crippen molar-refractivity contribution in [3.63, 3.8) is 0 Å². The molecule has 0 saturated carbocycles. The van der Waals surface area contributed by atoms with Crippen LogP contribution >= 0.6 is 0 Å². The summed E-state index contributed by atoms with van der Waals surface area (Å²) in [7, 11) is 0. The van der Waals surface area contributed by atoms with Crippen LogP contribution in [0.15, 0.2) is 101 Å². The Morgan fingerprint density at radius 2 is 1.47 bits per heavy atom. The molecular weight excluding hydrogens is 368 g/mol. The van der Waals surface area contributed by atoms with Crippen molar-refractivity contribution in [1.82, 2.24) is 0 Å². The Morgan fingerprint density at radius 1 is 0.767 bits per heavy atom. The fraction of sp³-hybridized carbons (Fsp3) is 0.0714. The van der Waals surface area contributed by atoms with Crippen LogP contribution in [0.25, 0.3) is 33.6 Å². The minimum absolute atomic E-state index is 0.773. The fourth-order valence-corrected chi connectivity index (χ4v) is 3.89. The number of para-hydroxylation sites is 2. The molecule has 1 heterocycles. The SMILES string of the molecule is CC/C(=C\c1ccccc1)c1cc(Oc2ccccc2)cc2oc3ccccc3c12. The number of furan rings is 1. The van der Waals surface area contributed by atoms with Crippen LogP contribution in [-0.4, -0.2) is 0 Å². The van der Waals surface area contributed by atoms with Crippen molar-refractivity contribution in [2.24, 2.45) is 0 Å². The number of rotatable bonds is 5. The highest BCUT2D eigenvalue weighted by Gasteiger charge is 2.16. The quantitative estimate of drug-likeness (QED) is 0.281. The third-order valence-corrected chi connectivity index (χ3v) is 5.30. The van der Waals surface area contributed by atoms with Gasteiger partial charge in [0.2, 0.25) is 0 Å². The number of ether oxygens (including phenoxy) is 1. The summed E-state index contributed by atoms with van der Waals surface area (Å²) in [6.07, 6.45) is 3.15. The topological polar surface area (TPSA) is 22.4 Å². The molecule has 146 valence electrons. The third kappa shape index (κ3) is 3.48. The van der Waals surface area contributed by atoms with E-state index < -0.39 is 0 Å². The molecule has 0 spiro atoms. The number of hydrogen-bond donors (Lipinski definition) is 0. The highest BCUT2D eigenvalue weighted by atomic mass is 16.5. The van der Waals surface area contributed by atoms with Gasteiger partial charge in [0.05, 0.1) is 0 Å². The van der Waals surface area contributed by atoms with E-state index in [1.54, 1.807) is 0 Å². The first kappa shape index (κ1) is 18.3. The van der Waals surface area contributed by atoms with Crippen LogP contribution in [0.3, 0.4) is 0 Å². The van der Waals surface area contributed by atoms with Gasteiger partial charge >= 0.3 is 0 Å². The van der Waals surface area contributed by atoms with Gasteiger partial charge in [-0.15, -0.1) is 0 Å². The Balaban J connectivity index is 1.74. The molecule has 2 nitrogen and oxygen atoms in total. The molecule has 0 amide bonds. The summed E-state index contributed by atoms with van der Waals surface area (Å²) in [4.78, 5) is 0. The van der Waals surface area contributed by atoms with E-state index in [4.69, 9.17) is 9.15 Å². The summed E-state index contributed by atoms with van der Waals surface area (Å²) in [5, 5.41) is 2.26. The second kappa shape index (κ2) is 7.92. The fourth-order valence-electron chi connectivity index (χ4n) is 3.89. The lowest BCUT2D eigenvalue weighted by molar-refractivity contribution is 0.482. The average molecular weight is 390 g/mol. The molecule has 0 atom stereocenters. The van der Waals surface area contributed by atoms with Crippen molar-refractivity contribution in [2.75, 3.05) is 0 Å². The zero-order valence-electron chi connectivity index (χ0n) is 16.8. The second-order valence-electron chi connectivity index (χ2n) is 7.29. The smallest absolute Gasteiger partial charge is 0.139 e. The van der Waals surface area contributed by atoms with E-state index in [9.17, 15) is 0 Å². The van der Waals surface area contributed by atoms with Crippen molar-refractivity contribution in [1.29, 1.82) is 0 Å². The minimum atomic E-state index is 0.773. The molecule has 4 aromatic carbocycles. The van der Waals surface area contributed by atoms with Gasteiger partial charge < -0.3 is 9.15 Å². The van der Waals surface area contributed by atoms with E-state index in [-0.39, 0.29) is 0 Å². The first-order chi connectivity index (χ1) is 14.8. The van der Waals surface area contributed by atoms with Gasteiger partial charge in [-0.2, -0.15) is 0 Å². The Kier molecular flexibility index (Phi) is 4.82. The van der Waals surface area contributed by atoms with Gasteiger partial charge in [0, 0.05) is 16.8 Å². The van der Waals surface area contributed by atoms with Gasteiger partial charge in [-0.1, -0.05) is 79.7 Å². The van der Waals surface area contributed by atoms with Crippen molar-refractivity contribution in [3.05, 3.63) is 108 Å². The summed E-state index contributed by atoms with van der Waals surface area (Å²) >= 11 is 0. The number of benzene rings is 4. The van der Waals surface area contributed by atoms with Gasteiger partial charge in [0.25, 0.3) is 0 Å². The molecule has 5 aromatic rings. The van der Waals surface area contributed by atoms with Gasteiger partial charge in [0.15, 0.2) is 0 Å². The number of hydrogen-bond acceptors (Lipinski definition) is 2. The molecular formula is C28H22O2. The van der Waals surface area contributed by atoms with E-state index in [0.29, 0.717) is 0 Å². The largest absolute Gasteiger partial charge is 0.457 e. The van der Waals surface area contributed by atoms with Crippen molar-refractivity contribution in [2.45, 2.75) is 13.3 Å². The summed E-state index contributed by atoms with van der Waals surface area (Å²) in [6.45, 7) is 2.19. The third-order valence-electron chi connectivity index (χ3n) is 5.30. The van der Waals surface area contributed by atoms with E-state index >= 15 is 0 Å². The van der Waals surface area contributed by atoms with Gasteiger partial charge in [-0.3, -0.25) is 0 Å². The number of allylic oxidation sites excluding steroid dienone is 1. The van der Waals surface area contributed by atoms with Crippen LogP contribution in [0.4, 0.5) is 0 Å². The van der Waals surface area contributed by atoms with E-state index in [1.165, 1.54) is 11.1 Å². The molecule has 0 saturated heterocycles. The average Bonchev–Trinajstić information content (AvgIpc) is 3.17.